The first-order valence-electron chi connectivity index (χ1n) is 7.90. The molecule has 3 rings (SSSR count). The van der Waals surface area contributed by atoms with Gasteiger partial charge in [0.25, 0.3) is 0 Å². The summed E-state index contributed by atoms with van der Waals surface area (Å²) < 4.78 is 25.6. The van der Waals surface area contributed by atoms with Gasteiger partial charge in [-0.25, -0.2) is 8.42 Å². The van der Waals surface area contributed by atoms with Crippen LogP contribution in [0.5, 0.6) is 0 Å². The Balaban J connectivity index is 1.92. The fourth-order valence-electron chi connectivity index (χ4n) is 3.18. The van der Waals surface area contributed by atoms with Gasteiger partial charge < -0.3 is 4.90 Å². The molecule has 2 aromatic rings. The summed E-state index contributed by atoms with van der Waals surface area (Å²) >= 11 is 5.98. The predicted octanol–water partition coefficient (Wildman–Crippen LogP) is 3.08. The molecule has 7 heteroatoms. The van der Waals surface area contributed by atoms with E-state index in [2.05, 4.69) is 0 Å². The molecule has 0 spiro atoms. The third-order valence-corrected chi connectivity index (χ3v) is 5.63. The van der Waals surface area contributed by atoms with E-state index in [-0.39, 0.29) is 18.5 Å². The Morgan fingerprint density at radius 1 is 1.24 bits per heavy atom. The van der Waals surface area contributed by atoms with E-state index >= 15 is 0 Å². The quantitative estimate of drug-likeness (QED) is 0.821. The lowest BCUT2D eigenvalue weighted by Crippen LogP contribution is -2.45. The molecule has 1 aliphatic heterocycles. The number of rotatable bonds is 4. The van der Waals surface area contributed by atoms with Crippen LogP contribution >= 0.6 is 11.6 Å². The van der Waals surface area contributed by atoms with Crippen molar-refractivity contribution in [2.75, 3.05) is 22.0 Å². The Morgan fingerprint density at radius 2 is 1.96 bits per heavy atom. The first kappa shape index (κ1) is 17.8. The molecule has 25 heavy (non-hydrogen) atoms. The Bertz CT molecular complexity index is 914. The zero-order valence-electron chi connectivity index (χ0n) is 14.0. The molecule has 0 aromatic heterocycles. The van der Waals surface area contributed by atoms with Crippen molar-refractivity contribution in [3.8, 4) is 0 Å². The number of halogens is 1. The average molecular weight is 379 g/mol. The molecule has 132 valence electrons. The number of nitrogens with zero attached hydrogens (tertiary/aromatic N) is 2. The van der Waals surface area contributed by atoms with E-state index in [1.54, 1.807) is 23.1 Å². The smallest absolute Gasteiger partial charge is 0.248 e. The summed E-state index contributed by atoms with van der Waals surface area (Å²) in [5, 5.41) is 0.415. The Morgan fingerprint density at radius 3 is 2.64 bits per heavy atom. The largest absolute Gasteiger partial charge is 0.307 e. The van der Waals surface area contributed by atoms with Crippen LogP contribution in [-0.4, -0.2) is 33.2 Å². The number of hydrogen-bond donors (Lipinski definition) is 0. The molecule has 1 unspecified atom stereocenters. The number of carbonyl (C=O) groups is 1. The van der Waals surface area contributed by atoms with Crippen LogP contribution in [0.2, 0.25) is 5.02 Å². The van der Waals surface area contributed by atoms with Crippen molar-refractivity contribution in [3.63, 3.8) is 0 Å². The molecule has 0 bridgehead atoms. The molecule has 1 heterocycles. The van der Waals surface area contributed by atoms with Gasteiger partial charge in [0, 0.05) is 16.8 Å². The molecule has 0 radical (unpaired) electrons. The normalized spacial score (nSPS) is 16.6. The Labute approximate surface area is 152 Å². The van der Waals surface area contributed by atoms with Gasteiger partial charge in [0.15, 0.2) is 0 Å². The van der Waals surface area contributed by atoms with Crippen molar-refractivity contribution in [1.82, 2.24) is 0 Å². The van der Waals surface area contributed by atoms with Crippen LogP contribution in [0, 0.1) is 0 Å². The van der Waals surface area contributed by atoms with Gasteiger partial charge in [0.05, 0.1) is 11.9 Å². The van der Waals surface area contributed by atoms with E-state index in [4.69, 9.17) is 11.6 Å². The number of anilines is 2. The minimum absolute atomic E-state index is 0.00864. The number of sulfonamides is 1. The zero-order chi connectivity index (χ0) is 18.2. The Kier molecular flexibility index (Phi) is 4.75. The molecule has 0 aliphatic carbocycles. The van der Waals surface area contributed by atoms with Crippen molar-refractivity contribution in [1.29, 1.82) is 0 Å². The summed E-state index contributed by atoms with van der Waals surface area (Å²) in [5.41, 5.74) is 2.32. The molecule has 1 amide bonds. The maximum absolute atomic E-state index is 12.9. The molecule has 0 N–H and O–H groups in total. The van der Waals surface area contributed by atoms with Gasteiger partial charge in [-0.15, -0.1) is 0 Å². The number of benzene rings is 2. The number of carbonyl (C=O) groups excluding carboxylic acids is 1. The van der Waals surface area contributed by atoms with Crippen LogP contribution in [-0.2, 0) is 21.2 Å². The van der Waals surface area contributed by atoms with Gasteiger partial charge in [-0.1, -0.05) is 35.9 Å². The average Bonchev–Trinajstić information content (AvgIpc) is 2.87. The van der Waals surface area contributed by atoms with Gasteiger partial charge in [-0.2, -0.15) is 0 Å². The van der Waals surface area contributed by atoms with Crippen LogP contribution in [0.3, 0.4) is 0 Å². The molecular formula is C18H19ClN2O3S. The fraction of sp³-hybridized carbons (Fsp3) is 0.278. The van der Waals surface area contributed by atoms with Crippen molar-refractivity contribution in [2.45, 2.75) is 19.4 Å². The van der Waals surface area contributed by atoms with E-state index in [9.17, 15) is 13.2 Å². The van der Waals surface area contributed by atoms with Crippen molar-refractivity contribution < 1.29 is 13.2 Å². The first-order chi connectivity index (χ1) is 11.8. The molecule has 0 saturated carbocycles. The summed E-state index contributed by atoms with van der Waals surface area (Å²) in [7, 11) is -3.63. The lowest BCUT2D eigenvalue weighted by Gasteiger charge is -2.28. The summed E-state index contributed by atoms with van der Waals surface area (Å²) in [6.07, 6.45) is 1.85. The summed E-state index contributed by atoms with van der Waals surface area (Å²) in [6, 6.07) is 14.2. The summed E-state index contributed by atoms with van der Waals surface area (Å²) in [4.78, 5) is 14.6. The number of hydrogen-bond acceptors (Lipinski definition) is 3. The Hall–Kier alpha value is -2.05. The molecular weight excluding hydrogens is 360 g/mol. The second-order valence-corrected chi connectivity index (χ2v) is 8.54. The van der Waals surface area contributed by atoms with Crippen LogP contribution in [0.15, 0.2) is 48.5 Å². The highest BCUT2D eigenvalue weighted by Crippen LogP contribution is 2.32. The fourth-order valence-corrected chi connectivity index (χ4v) is 4.20. The van der Waals surface area contributed by atoms with Gasteiger partial charge in [0.2, 0.25) is 15.9 Å². The second-order valence-electron chi connectivity index (χ2n) is 6.20. The third kappa shape index (κ3) is 3.65. The molecule has 1 atom stereocenters. The highest BCUT2D eigenvalue weighted by atomic mass is 35.5. The van der Waals surface area contributed by atoms with Crippen LogP contribution < -0.4 is 9.21 Å². The molecule has 5 nitrogen and oxygen atoms in total. The summed E-state index contributed by atoms with van der Waals surface area (Å²) in [5.74, 6) is -0.261. The lowest BCUT2D eigenvalue weighted by molar-refractivity contribution is -0.117. The SMILES string of the molecule is CC1Cc2ccccc2N1C(=O)CN(c1cccc(Cl)c1)S(C)(=O)=O. The predicted molar refractivity (Wildman–Crippen MR) is 101 cm³/mol. The molecule has 0 saturated heterocycles. The van der Waals surface area contributed by atoms with Crippen LogP contribution in [0.25, 0.3) is 0 Å². The molecule has 1 aliphatic rings. The number of amides is 1. The molecule has 0 fully saturated rings. The monoisotopic (exact) mass is 378 g/mol. The zero-order valence-corrected chi connectivity index (χ0v) is 15.6. The first-order valence-corrected chi connectivity index (χ1v) is 10.1. The highest BCUT2D eigenvalue weighted by molar-refractivity contribution is 7.92. The van der Waals surface area contributed by atoms with Crippen LogP contribution in [0.4, 0.5) is 11.4 Å². The maximum atomic E-state index is 12.9. The standard InChI is InChI=1S/C18H19ClN2O3S/c1-13-10-14-6-3-4-9-17(14)21(13)18(22)12-20(25(2,23)24)16-8-5-7-15(19)11-16/h3-9,11,13H,10,12H2,1-2H3. The van der Waals surface area contributed by atoms with Crippen molar-refractivity contribution >= 4 is 38.9 Å². The van der Waals surface area contributed by atoms with Gasteiger partial charge in [-0.05, 0) is 43.2 Å². The van der Waals surface area contributed by atoms with E-state index in [0.29, 0.717) is 10.7 Å². The van der Waals surface area contributed by atoms with E-state index in [1.807, 2.05) is 31.2 Å². The number of fused-ring (bicyclic) bond motifs is 1. The number of para-hydroxylation sites is 1. The van der Waals surface area contributed by atoms with Crippen molar-refractivity contribution in [2.24, 2.45) is 0 Å². The van der Waals surface area contributed by atoms with Gasteiger partial charge in [-0.3, -0.25) is 9.10 Å². The minimum Gasteiger partial charge on any atom is -0.307 e. The van der Waals surface area contributed by atoms with Gasteiger partial charge >= 0.3 is 0 Å². The van der Waals surface area contributed by atoms with Crippen molar-refractivity contribution in [3.05, 3.63) is 59.1 Å². The minimum atomic E-state index is -3.63. The van der Waals surface area contributed by atoms with Crippen LogP contribution in [0.1, 0.15) is 12.5 Å². The summed E-state index contributed by atoms with van der Waals surface area (Å²) in [6.45, 7) is 1.69. The molecule has 2 aromatic carbocycles. The van der Waals surface area contributed by atoms with E-state index in [1.165, 1.54) is 6.07 Å². The topological polar surface area (TPSA) is 57.7 Å². The third-order valence-electron chi connectivity index (χ3n) is 4.25. The second kappa shape index (κ2) is 6.69. The van der Waals surface area contributed by atoms with E-state index in [0.717, 1.165) is 28.2 Å². The highest BCUT2D eigenvalue weighted by Gasteiger charge is 2.33. The maximum Gasteiger partial charge on any atom is 0.248 e. The van der Waals surface area contributed by atoms with E-state index < -0.39 is 10.0 Å². The van der Waals surface area contributed by atoms with Gasteiger partial charge in [0.1, 0.15) is 6.54 Å². The lowest BCUT2D eigenvalue weighted by atomic mass is 10.1.